The number of carbonyl (C=O) groups is 1. The van der Waals surface area contributed by atoms with E-state index in [1.165, 1.54) is 11.3 Å². The molecular formula is C13H16N2OS. The van der Waals surface area contributed by atoms with Crippen LogP contribution in [0.4, 0.5) is 0 Å². The zero-order chi connectivity index (χ0) is 12.3. The van der Waals surface area contributed by atoms with Crippen molar-refractivity contribution in [1.82, 2.24) is 4.90 Å². The Bertz CT molecular complexity index is 465. The normalized spacial score (nSPS) is 14.0. The number of carbonyl (C=O) groups excluding carboxylic acids is 1. The van der Waals surface area contributed by atoms with E-state index in [0.717, 1.165) is 29.8 Å². The van der Waals surface area contributed by atoms with Crippen LogP contribution < -0.4 is 5.73 Å². The van der Waals surface area contributed by atoms with Gasteiger partial charge in [0.25, 0.3) is 5.91 Å². The molecule has 3 nitrogen and oxygen atoms in total. The zero-order valence-electron chi connectivity index (χ0n) is 9.90. The molecule has 1 saturated carbocycles. The van der Waals surface area contributed by atoms with Gasteiger partial charge in [-0.2, -0.15) is 0 Å². The molecule has 1 fully saturated rings. The van der Waals surface area contributed by atoms with Crippen molar-refractivity contribution in [2.75, 3.05) is 13.1 Å². The van der Waals surface area contributed by atoms with Crippen molar-refractivity contribution in [1.29, 1.82) is 0 Å². The molecule has 1 heterocycles. The second kappa shape index (κ2) is 5.35. The summed E-state index contributed by atoms with van der Waals surface area (Å²) >= 11 is 1.50. The monoisotopic (exact) mass is 248 g/mol. The molecule has 1 aliphatic carbocycles. The number of nitrogens with two attached hydrogens (primary N) is 1. The van der Waals surface area contributed by atoms with Gasteiger partial charge in [0, 0.05) is 18.0 Å². The molecule has 90 valence electrons. The van der Waals surface area contributed by atoms with Gasteiger partial charge in [0.05, 0.1) is 17.0 Å². The van der Waals surface area contributed by atoms with Crippen molar-refractivity contribution in [3.63, 3.8) is 0 Å². The second-order valence-electron chi connectivity index (χ2n) is 4.03. The molecule has 2 rings (SSSR count). The molecule has 0 spiro atoms. The standard InChI is InChI=1S/C13H16N2OS/c1-2-15(11-5-6-11)13(16)10-8-12(17-9-10)4-3-7-14/h8-9,11H,2,5-7,14H2,1H3. The summed E-state index contributed by atoms with van der Waals surface area (Å²) in [5.74, 6) is 5.88. The molecule has 1 aliphatic rings. The van der Waals surface area contributed by atoms with Gasteiger partial charge in [-0.1, -0.05) is 11.8 Å². The minimum absolute atomic E-state index is 0.132. The fraction of sp³-hybridized carbons (Fsp3) is 0.462. The zero-order valence-corrected chi connectivity index (χ0v) is 10.7. The molecule has 1 aromatic rings. The van der Waals surface area contributed by atoms with E-state index in [9.17, 15) is 4.79 Å². The van der Waals surface area contributed by atoms with Gasteiger partial charge >= 0.3 is 0 Å². The lowest BCUT2D eigenvalue weighted by Gasteiger charge is -2.19. The number of amides is 1. The first kappa shape index (κ1) is 12.2. The van der Waals surface area contributed by atoms with Gasteiger partial charge in [0.2, 0.25) is 0 Å². The minimum atomic E-state index is 0.132. The number of hydrogen-bond donors (Lipinski definition) is 1. The Balaban J connectivity index is 2.10. The predicted molar refractivity (Wildman–Crippen MR) is 70.0 cm³/mol. The largest absolute Gasteiger partial charge is 0.336 e. The van der Waals surface area contributed by atoms with E-state index in [-0.39, 0.29) is 5.91 Å². The SMILES string of the molecule is CCN(C(=O)c1csc(C#CCN)c1)C1CC1. The molecule has 4 heteroatoms. The van der Waals surface area contributed by atoms with Gasteiger partial charge in [-0.05, 0) is 25.8 Å². The quantitative estimate of drug-likeness (QED) is 0.827. The highest BCUT2D eigenvalue weighted by Crippen LogP contribution is 2.28. The van der Waals surface area contributed by atoms with Crippen LogP contribution in [0.5, 0.6) is 0 Å². The van der Waals surface area contributed by atoms with Crippen LogP contribution in [0.1, 0.15) is 35.0 Å². The Morgan fingerprint density at radius 1 is 1.65 bits per heavy atom. The molecule has 0 aromatic carbocycles. The summed E-state index contributed by atoms with van der Waals surface area (Å²) in [7, 11) is 0. The molecule has 17 heavy (non-hydrogen) atoms. The van der Waals surface area contributed by atoms with Crippen molar-refractivity contribution in [2.45, 2.75) is 25.8 Å². The molecular weight excluding hydrogens is 232 g/mol. The minimum Gasteiger partial charge on any atom is -0.336 e. The van der Waals surface area contributed by atoms with Gasteiger partial charge < -0.3 is 10.6 Å². The van der Waals surface area contributed by atoms with Crippen molar-refractivity contribution >= 4 is 17.2 Å². The van der Waals surface area contributed by atoms with E-state index in [0.29, 0.717) is 12.6 Å². The van der Waals surface area contributed by atoms with Gasteiger partial charge in [0.15, 0.2) is 0 Å². The van der Waals surface area contributed by atoms with Crippen LogP contribution in [0.3, 0.4) is 0 Å². The van der Waals surface area contributed by atoms with Crippen LogP contribution in [0, 0.1) is 11.8 Å². The molecule has 0 bridgehead atoms. The van der Waals surface area contributed by atoms with Crippen LogP contribution in [0.2, 0.25) is 0 Å². The highest BCUT2D eigenvalue weighted by Gasteiger charge is 2.32. The molecule has 0 radical (unpaired) electrons. The Hall–Kier alpha value is -1.31. The van der Waals surface area contributed by atoms with Crippen molar-refractivity contribution in [3.05, 3.63) is 21.9 Å². The Morgan fingerprint density at radius 2 is 2.41 bits per heavy atom. The molecule has 1 amide bonds. The lowest BCUT2D eigenvalue weighted by atomic mass is 10.2. The average molecular weight is 248 g/mol. The van der Waals surface area contributed by atoms with Crippen LogP contribution in [0.25, 0.3) is 0 Å². The molecule has 0 saturated heterocycles. The molecule has 2 N–H and O–H groups in total. The van der Waals surface area contributed by atoms with E-state index in [1.54, 1.807) is 0 Å². The highest BCUT2D eigenvalue weighted by molar-refractivity contribution is 7.10. The summed E-state index contributed by atoms with van der Waals surface area (Å²) in [5, 5.41) is 1.88. The first-order valence-electron chi connectivity index (χ1n) is 5.84. The summed E-state index contributed by atoms with van der Waals surface area (Å²) in [6.45, 7) is 3.16. The average Bonchev–Trinajstić information content (AvgIpc) is 3.05. The van der Waals surface area contributed by atoms with E-state index in [1.807, 2.05) is 23.3 Å². The third kappa shape index (κ3) is 2.87. The summed E-state index contributed by atoms with van der Waals surface area (Å²) in [5.41, 5.74) is 6.07. The Labute approximate surface area is 106 Å². The number of hydrogen-bond acceptors (Lipinski definition) is 3. The van der Waals surface area contributed by atoms with Crippen molar-refractivity contribution < 1.29 is 4.79 Å². The molecule has 1 aromatic heterocycles. The second-order valence-corrected chi connectivity index (χ2v) is 4.94. The van der Waals surface area contributed by atoms with E-state index in [2.05, 4.69) is 11.8 Å². The first-order chi connectivity index (χ1) is 8.26. The van der Waals surface area contributed by atoms with Gasteiger partial charge in [-0.25, -0.2) is 0 Å². The number of rotatable bonds is 3. The third-order valence-corrected chi connectivity index (χ3v) is 3.59. The van der Waals surface area contributed by atoms with Gasteiger partial charge in [0.1, 0.15) is 0 Å². The smallest absolute Gasteiger partial charge is 0.254 e. The maximum Gasteiger partial charge on any atom is 0.254 e. The summed E-state index contributed by atoms with van der Waals surface area (Å²) in [6.07, 6.45) is 2.28. The maximum atomic E-state index is 12.2. The third-order valence-electron chi connectivity index (χ3n) is 2.75. The fourth-order valence-corrected chi connectivity index (χ4v) is 2.52. The van der Waals surface area contributed by atoms with E-state index >= 15 is 0 Å². The van der Waals surface area contributed by atoms with Crippen LogP contribution in [-0.2, 0) is 0 Å². The summed E-state index contributed by atoms with van der Waals surface area (Å²) in [6, 6.07) is 2.33. The highest BCUT2D eigenvalue weighted by atomic mass is 32.1. The molecule has 0 unspecified atom stereocenters. The summed E-state index contributed by atoms with van der Waals surface area (Å²) < 4.78 is 0. The van der Waals surface area contributed by atoms with Crippen LogP contribution >= 0.6 is 11.3 Å². The van der Waals surface area contributed by atoms with Gasteiger partial charge in [-0.3, -0.25) is 4.79 Å². The van der Waals surface area contributed by atoms with Crippen LogP contribution in [0.15, 0.2) is 11.4 Å². The molecule has 0 aliphatic heterocycles. The van der Waals surface area contributed by atoms with Crippen LogP contribution in [-0.4, -0.2) is 29.9 Å². The lowest BCUT2D eigenvalue weighted by molar-refractivity contribution is 0.0753. The first-order valence-corrected chi connectivity index (χ1v) is 6.72. The fourth-order valence-electron chi connectivity index (χ4n) is 1.77. The Morgan fingerprint density at radius 3 is 3.00 bits per heavy atom. The topological polar surface area (TPSA) is 46.3 Å². The van der Waals surface area contributed by atoms with E-state index in [4.69, 9.17) is 5.73 Å². The maximum absolute atomic E-state index is 12.2. The molecule has 0 atom stereocenters. The summed E-state index contributed by atoms with van der Waals surface area (Å²) in [4.78, 5) is 15.1. The van der Waals surface area contributed by atoms with Gasteiger partial charge in [-0.15, -0.1) is 11.3 Å². The predicted octanol–water partition coefficient (Wildman–Crippen LogP) is 1.68. The number of thiophene rings is 1. The Kier molecular flexibility index (Phi) is 3.82. The lowest BCUT2D eigenvalue weighted by Crippen LogP contribution is -2.32. The number of nitrogens with zero attached hydrogens (tertiary/aromatic N) is 1. The van der Waals surface area contributed by atoms with Crippen molar-refractivity contribution in [2.24, 2.45) is 5.73 Å². The van der Waals surface area contributed by atoms with Crippen molar-refractivity contribution in [3.8, 4) is 11.8 Å². The van der Waals surface area contributed by atoms with E-state index < -0.39 is 0 Å².